The molecular formula is C13H11Cl3N2O2S. The molecule has 2 rings (SSSR count). The van der Waals surface area contributed by atoms with E-state index in [4.69, 9.17) is 39.9 Å². The van der Waals surface area contributed by atoms with Crippen LogP contribution in [0.5, 0.6) is 0 Å². The Morgan fingerprint density at radius 2 is 1.71 bits per heavy atom. The minimum Gasteiger partial charge on any atom is -0.380 e. The Morgan fingerprint density at radius 3 is 2.33 bits per heavy atom. The molecule has 0 heterocycles. The topological polar surface area (TPSA) is 72.2 Å². The number of hydrogen-bond acceptors (Lipinski definition) is 3. The Balaban J connectivity index is 2.23. The fourth-order valence-corrected chi connectivity index (χ4v) is 2.87. The average Bonchev–Trinajstić information content (AvgIpc) is 2.38. The second-order valence-corrected chi connectivity index (χ2v) is 7.09. The first-order chi connectivity index (χ1) is 9.77. The SMILES string of the molecule is NS(=O)(=O)c1ccc(Cl)c(NCc2ccc(Cl)cc2Cl)c1. The van der Waals surface area contributed by atoms with E-state index < -0.39 is 10.0 Å². The number of nitrogens with one attached hydrogen (secondary N) is 1. The van der Waals surface area contributed by atoms with Crippen molar-refractivity contribution in [2.24, 2.45) is 5.14 Å². The molecule has 2 aromatic rings. The first-order valence-electron chi connectivity index (χ1n) is 5.77. The normalized spacial score (nSPS) is 11.4. The number of rotatable bonds is 4. The molecule has 3 N–H and O–H groups in total. The van der Waals surface area contributed by atoms with Crippen LogP contribution in [0.1, 0.15) is 5.56 Å². The molecule has 4 nitrogen and oxygen atoms in total. The highest BCUT2D eigenvalue weighted by Gasteiger charge is 2.11. The molecule has 0 saturated carbocycles. The summed E-state index contributed by atoms with van der Waals surface area (Å²) in [5, 5.41) is 9.54. The van der Waals surface area contributed by atoms with Gasteiger partial charge in [0.2, 0.25) is 10.0 Å². The number of nitrogens with two attached hydrogens (primary N) is 1. The molecule has 8 heteroatoms. The summed E-state index contributed by atoms with van der Waals surface area (Å²) < 4.78 is 22.7. The first kappa shape index (κ1) is 16.4. The van der Waals surface area contributed by atoms with Crippen molar-refractivity contribution in [3.63, 3.8) is 0 Å². The van der Waals surface area contributed by atoms with Crippen molar-refractivity contribution in [3.05, 3.63) is 57.0 Å². The summed E-state index contributed by atoms with van der Waals surface area (Å²) in [4.78, 5) is -0.0170. The molecule has 0 aromatic heterocycles. The number of benzene rings is 2. The molecule has 0 aliphatic carbocycles. The molecule has 0 radical (unpaired) electrons. The average molecular weight is 366 g/mol. The van der Waals surface area contributed by atoms with E-state index in [1.54, 1.807) is 18.2 Å². The van der Waals surface area contributed by atoms with Gasteiger partial charge in [-0.3, -0.25) is 0 Å². The van der Waals surface area contributed by atoms with Crippen molar-refractivity contribution in [1.29, 1.82) is 0 Å². The van der Waals surface area contributed by atoms with Gasteiger partial charge < -0.3 is 5.32 Å². The van der Waals surface area contributed by atoms with Gasteiger partial charge in [0.15, 0.2) is 0 Å². The number of anilines is 1. The van der Waals surface area contributed by atoms with Gasteiger partial charge >= 0.3 is 0 Å². The summed E-state index contributed by atoms with van der Waals surface area (Å²) in [5.74, 6) is 0. The predicted molar refractivity (Wildman–Crippen MR) is 86.6 cm³/mol. The molecule has 0 aliphatic heterocycles. The molecule has 0 aliphatic rings. The van der Waals surface area contributed by atoms with Gasteiger partial charge in [-0.2, -0.15) is 0 Å². The molecular weight excluding hydrogens is 355 g/mol. The quantitative estimate of drug-likeness (QED) is 0.863. The summed E-state index contributed by atoms with van der Waals surface area (Å²) in [6.07, 6.45) is 0. The van der Waals surface area contributed by atoms with E-state index in [1.807, 2.05) is 0 Å². The number of primary sulfonamides is 1. The molecule has 0 unspecified atom stereocenters. The van der Waals surface area contributed by atoms with E-state index in [0.29, 0.717) is 27.3 Å². The van der Waals surface area contributed by atoms with Crippen molar-refractivity contribution >= 4 is 50.5 Å². The van der Waals surface area contributed by atoms with Crippen LogP contribution in [0, 0.1) is 0 Å². The Bertz CT molecular complexity index is 779. The van der Waals surface area contributed by atoms with Gasteiger partial charge in [-0.05, 0) is 35.9 Å². The molecule has 0 amide bonds. The molecule has 0 bridgehead atoms. The minimum absolute atomic E-state index is 0.0170. The fraction of sp³-hybridized carbons (Fsp3) is 0.0769. The summed E-state index contributed by atoms with van der Waals surface area (Å²) in [6.45, 7) is 0.365. The Morgan fingerprint density at radius 1 is 1.00 bits per heavy atom. The smallest absolute Gasteiger partial charge is 0.238 e. The van der Waals surface area contributed by atoms with E-state index in [2.05, 4.69) is 5.32 Å². The molecule has 0 fully saturated rings. The Hall–Kier alpha value is -0.980. The van der Waals surface area contributed by atoms with E-state index in [0.717, 1.165) is 5.56 Å². The lowest BCUT2D eigenvalue weighted by Crippen LogP contribution is -2.12. The Kier molecular flexibility index (Phi) is 5.01. The van der Waals surface area contributed by atoms with E-state index in [-0.39, 0.29) is 4.90 Å². The van der Waals surface area contributed by atoms with Crippen LogP contribution in [0.15, 0.2) is 41.3 Å². The van der Waals surface area contributed by atoms with Crippen molar-refractivity contribution in [2.45, 2.75) is 11.4 Å². The van der Waals surface area contributed by atoms with Crippen LogP contribution in [0.3, 0.4) is 0 Å². The largest absolute Gasteiger partial charge is 0.380 e. The van der Waals surface area contributed by atoms with Gasteiger partial charge in [-0.1, -0.05) is 40.9 Å². The fourth-order valence-electron chi connectivity index (χ4n) is 1.67. The minimum atomic E-state index is -3.78. The lowest BCUT2D eigenvalue weighted by Gasteiger charge is -2.11. The summed E-state index contributed by atoms with van der Waals surface area (Å²) in [5.41, 5.74) is 1.26. The molecule has 0 atom stereocenters. The van der Waals surface area contributed by atoms with Gasteiger partial charge in [0.05, 0.1) is 15.6 Å². The standard InChI is InChI=1S/C13H11Cl3N2O2S/c14-9-2-1-8(12(16)5-9)7-18-13-6-10(21(17,19)20)3-4-11(13)15/h1-6,18H,7H2,(H2,17,19,20). The molecule has 0 spiro atoms. The van der Waals surface area contributed by atoms with E-state index in [9.17, 15) is 8.42 Å². The summed E-state index contributed by atoms with van der Waals surface area (Å²) in [6, 6.07) is 9.30. The zero-order chi connectivity index (χ0) is 15.6. The monoisotopic (exact) mass is 364 g/mol. The van der Waals surface area contributed by atoms with Crippen LogP contribution < -0.4 is 10.5 Å². The van der Waals surface area contributed by atoms with Crippen LogP contribution in [0.4, 0.5) is 5.69 Å². The molecule has 21 heavy (non-hydrogen) atoms. The maximum Gasteiger partial charge on any atom is 0.238 e. The van der Waals surface area contributed by atoms with Crippen LogP contribution in [0.25, 0.3) is 0 Å². The summed E-state index contributed by atoms with van der Waals surface area (Å²) in [7, 11) is -3.78. The molecule has 0 saturated heterocycles. The Labute approximate surface area is 137 Å². The van der Waals surface area contributed by atoms with Crippen LogP contribution in [-0.4, -0.2) is 8.42 Å². The highest BCUT2D eigenvalue weighted by atomic mass is 35.5. The number of sulfonamides is 1. The lowest BCUT2D eigenvalue weighted by atomic mass is 10.2. The van der Waals surface area contributed by atoms with Gasteiger partial charge in [0.1, 0.15) is 0 Å². The van der Waals surface area contributed by atoms with Gasteiger partial charge in [0, 0.05) is 16.6 Å². The van der Waals surface area contributed by atoms with Gasteiger partial charge in [0.25, 0.3) is 0 Å². The molecule has 112 valence electrons. The summed E-state index contributed by atoms with van der Waals surface area (Å²) >= 11 is 17.9. The molecule has 2 aromatic carbocycles. The second kappa shape index (κ2) is 6.42. The van der Waals surface area contributed by atoms with Gasteiger partial charge in [-0.15, -0.1) is 0 Å². The van der Waals surface area contributed by atoms with Crippen molar-refractivity contribution in [2.75, 3.05) is 5.32 Å². The zero-order valence-corrected chi connectivity index (χ0v) is 13.7. The van der Waals surface area contributed by atoms with Crippen molar-refractivity contribution in [1.82, 2.24) is 0 Å². The number of halogens is 3. The van der Waals surface area contributed by atoms with E-state index in [1.165, 1.54) is 18.2 Å². The van der Waals surface area contributed by atoms with E-state index >= 15 is 0 Å². The highest BCUT2D eigenvalue weighted by molar-refractivity contribution is 7.89. The van der Waals surface area contributed by atoms with Gasteiger partial charge in [-0.25, -0.2) is 13.6 Å². The maximum atomic E-state index is 11.3. The van der Waals surface area contributed by atoms with Crippen molar-refractivity contribution < 1.29 is 8.42 Å². The lowest BCUT2D eigenvalue weighted by molar-refractivity contribution is 0.598. The highest BCUT2D eigenvalue weighted by Crippen LogP contribution is 2.27. The number of hydrogen-bond donors (Lipinski definition) is 2. The van der Waals surface area contributed by atoms with Crippen LogP contribution in [-0.2, 0) is 16.6 Å². The third kappa shape index (κ3) is 4.25. The van der Waals surface area contributed by atoms with Crippen LogP contribution >= 0.6 is 34.8 Å². The zero-order valence-electron chi connectivity index (χ0n) is 10.6. The third-order valence-corrected chi connectivity index (χ3v) is 4.58. The second-order valence-electron chi connectivity index (χ2n) is 4.28. The first-order valence-corrected chi connectivity index (χ1v) is 8.45. The predicted octanol–water partition coefficient (Wildman–Crippen LogP) is 3.91. The van der Waals surface area contributed by atoms with Crippen molar-refractivity contribution in [3.8, 4) is 0 Å². The third-order valence-electron chi connectivity index (χ3n) is 2.75. The maximum absolute atomic E-state index is 11.3. The van der Waals surface area contributed by atoms with Crippen LogP contribution in [0.2, 0.25) is 15.1 Å².